The van der Waals surface area contributed by atoms with Gasteiger partial charge in [-0.3, -0.25) is 29.3 Å². The van der Waals surface area contributed by atoms with Crippen molar-refractivity contribution < 1.29 is 14.4 Å². The lowest BCUT2D eigenvalue weighted by atomic mass is 10.00. The number of nitrogens with two attached hydrogens (primary N) is 3. The van der Waals surface area contributed by atoms with Crippen molar-refractivity contribution in [3.05, 3.63) is 147 Å². The van der Waals surface area contributed by atoms with Gasteiger partial charge in [-0.2, -0.15) is 15.8 Å². The fourth-order valence-corrected chi connectivity index (χ4v) is 11.3. The van der Waals surface area contributed by atoms with Crippen LogP contribution in [-0.2, 0) is 35.5 Å². The molecule has 21 heteroatoms. The molecule has 9 aromatic heterocycles. The van der Waals surface area contributed by atoms with Gasteiger partial charge in [0, 0.05) is 143 Å². The third kappa shape index (κ3) is 10.5. The van der Waals surface area contributed by atoms with E-state index in [0.717, 1.165) is 98.4 Å². The zero-order valence-corrected chi connectivity index (χ0v) is 47.3. The molecule has 3 amide bonds. The number of carbonyl (C=O) groups is 3. The summed E-state index contributed by atoms with van der Waals surface area (Å²) in [6, 6.07) is 29.9. The predicted octanol–water partition coefficient (Wildman–Crippen LogP) is 10.4. The highest BCUT2D eigenvalue weighted by atomic mass is 16.2. The van der Waals surface area contributed by atoms with Crippen LogP contribution in [0.4, 0.5) is 34.5 Å². The van der Waals surface area contributed by atoms with Crippen molar-refractivity contribution in [1.29, 1.82) is 15.8 Å². The van der Waals surface area contributed by atoms with Crippen LogP contribution in [-0.4, -0.2) is 61.3 Å². The molecule has 0 spiro atoms. The van der Waals surface area contributed by atoms with Crippen LogP contribution in [0.1, 0.15) is 19.3 Å². The fourth-order valence-electron chi connectivity index (χ4n) is 11.3. The molecule has 0 bridgehead atoms. The first kappa shape index (κ1) is 54.5. The lowest BCUT2D eigenvalue weighted by Gasteiger charge is -2.10. The molecule has 3 saturated carbocycles. The standard InChI is InChI=1S/3C22H18N6O/c3*1-28-3-2-15-17(9-25-11-20(15)28)12-4-13-7-21(26-10-18(13)19(24)6-12)27-22(29)16-5-14(16)8-23/h3*2-4,6-7,9-11,14,16H,5,24H2,1H3,(H,26,27,29)/t2*14-,16+;/m10./s1. The Morgan fingerprint density at radius 1 is 0.425 bits per heavy atom. The maximum Gasteiger partial charge on any atom is 0.230 e. The Balaban J connectivity index is 0.000000121. The molecule has 9 heterocycles. The molecule has 426 valence electrons. The molecule has 0 radical (unpaired) electrons. The van der Waals surface area contributed by atoms with E-state index in [2.05, 4.69) is 82.3 Å². The lowest BCUT2D eigenvalue weighted by Crippen LogP contribution is -2.15. The summed E-state index contributed by atoms with van der Waals surface area (Å²) in [7, 11) is 5.96. The number of amides is 3. The molecular weight excluding hydrogens is 1090 g/mol. The average molecular weight is 1150 g/mol. The summed E-state index contributed by atoms with van der Waals surface area (Å²) in [6.45, 7) is 0. The number of hydrogen-bond donors (Lipinski definition) is 6. The summed E-state index contributed by atoms with van der Waals surface area (Å²) in [5.41, 5.74) is 29.7. The summed E-state index contributed by atoms with van der Waals surface area (Å²) in [6.07, 6.45) is 23.9. The zero-order chi connectivity index (χ0) is 60.4. The Hall–Kier alpha value is -11.8. The van der Waals surface area contributed by atoms with Crippen LogP contribution in [0.15, 0.2) is 147 Å². The number of aromatic nitrogens is 9. The van der Waals surface area contributed by atoms with E-state index in [4.69, 9.17) is 33.0 Å². The Kier molecular flexibility index (Phi) is 13.6. The molecule has 0 aliphatic heterocycles. The molecule has 87 heavy (non-hydrogen) atoms. The van der Waals surface area contributed by atoms with E-state index in [0.29, 0.717) is 53.8 Å². The second-order valence-electron chi connectivity index (χ2n) is 22.4. The van der Waals surface area contributed by atoms with Crippen molar-refractivity contribution in [2.24, 2.45) is 56.7 Å². The molecule has 21 nitrogen and oxygen atoms in total. The normalized spacial score (nSPS) is 17.9. The van der Waals surface area contributed by atoms with Gasteiger partial charge in [0.1, 0.15) is 17.5 Å². The average Bonchev–Trinajstić information content (AvgIpc) is 3.95. The number of nitrogen functional groups attached to an aromatic ring is 3. The molecule has 3 aliphatic rings. The minimum absolute atomic E-state index is 0.161. The Morgan fingerprint density at radius 3 is 0.977 bits per heavy atom. The Morgan fingerprint density at radius 2 is 0.713 bits per heavy atom. The summed E-state index contributed by atoms with van der Waals surface area (Å²) in [5, 5.41) is 43.6. The number of nitrogens with zero attached hydrogens (tertiary/aromatic N) is 12. The van der Waals surface area contributed by atoms with Crippen LogP contribution >= 0.6 is 0 Å². The maximum atomic E-state index is 12.2. The van der Waals surface area contributed by atoms with E-state index >= 15 is 0 Å². The van der Waals surface area contributed by atoms with Gasteiger partial charge in [-0.05, 0) is 125 Å². The molecule has 6 atom stereocenters. The smallest absolute Gasteiger partial charge is 0.230 e. The summed E-state index contributed by atoms with van der Waals surface area (Å²) >= 11 is 0. The van der Waals surface area contributed by atoms with Crippen LogP contribution < -0.4 is 33.2 Å². The van der Waals surface area contributed by atoms with Crippen LogP contribution in [0, 0.1) is 69.5 Å². The Bertz CT molecular complexity index is 4490. The number of pyridine rings is 6. The first-order valence-corrected chi connectivity index (χ1v) is 28.0. The minimum Gasteiger partial charge on any atom is -0.398 e. The van der Waals surface area contributed by atoms with Gasteiger partial charge in [0.05, 0.1) is 88.9 Å². The summed E-state index contributed by atoms with van der Waals surface area (Å²) in [4.78, 5) is 62.8. The number of nitrogens with one attached hydrogen (secondary N) is 3. The number of anilines is 6. The molecule has 12 aromatic rings. The van der Waals surface area contributed by atoms with Crippen LogP contribution in [0.5, 0.6) is 0 Å². The van der Waals surface area contributed by atoms with Gasteiger partial charge in [0.25, 0.3) is 0 Å². The number of nitriles is 3. The first-order valence-electron chi connectivity index (χ1n) is 28.0. The van der Waals surface area contributed by atoms with Crippen molar-refractivity contribution in [2.75, 3.05) is 33.2 Å². The lowest BCUT2D eigenvalue weighted by molar-refractivity contribution is -0.118. The topological polar surface area (TPSA) is 329 Å². The van der Waals surface area contributed by atoms with Gasteiger partial charge in [-0.1, -0.05) is 0 Å². The highest BCUT2D eigenvalue weighted by Crippen LogP contribution is 2.42. The SMILES string of the molecule is Cn1ccc2c(-c3cc(N)c4cnc(NC(=O)C5CC5C#N)cc4c3)cncc21.Cn1ccc2c(-c3cc(N)c4cnc(NC(=O)[C@@H]5C[C@H]5C#N)cc4c3)cncc21.Cn1ccc2c(-c3cc(N)c4cnc(NC(=O)[C@H]5C[C@@H]5C#N)cc4c3)cncc21. The summed E-state index contributed by atoms with van der Waals surface area (Å²) in [5.74, 6) is -0.384. The quantitative estimate of drug-likeness (QED) is 0.0732. The van der Waals surface area contributed by atoms with E-state index in [9.17, 15) is 14.4 Å². The number of hydrogen-bond acceptors (Lipinski definition) is 15. The van der Waals surface area contributed by atoms with Crippen LogP contribution in [0.3, 0.4) is 0 Å². The highest BCUT2D eigenvalue weighted by Gasteiger charge is 2.45. The largest absolute Gasteiger partial charge is 0.398 e. The number of aryl methyl sites for hydroxylation is 3. The van der Waals surface area contributed by atoms with E-state index in [1.54, 1.807) is 18.6 Å². The second-order valence-corrected chi connectivity index (χ2v) is 22.4. The molecule has 2 unspecified atom stereocenters. The molecule has 3 fully saturated rings. The van der Waals surface area contributed by atoms with Crippen molar-refractivity contribution >= 4 is 117 Å². The highest BCUT2D eigenvalue weighted by molar-refractivity contribution is 6.06. The third-order valence-electron chi connectivity index (χ3n) is 16.6. The van der Waals surface area contributed by atoms with E-state index in [1.807, 2.05) is 145 Å². The van der Waals surface area contributed by atoms with Crippen molar-refractivity contribution in [2.45, 2.75) is 19.3 Å². The van der Waals surface area contributed by atoms with Crippen LogP contribution in [0.2, 0.25) is 0 Å². The van der Waals surface area contributed by atoms with Crippen molar-refractivity contribution in [3.8, 4) is 51.6 Å². The second kappa shape index (κ2) is 21.8. The minimum atomic E-state index is -0.240. The van der Waals surface area contributed by atoms with Gasteiger partial charge in [0.15, 0.2) is 0 Å². The molecule has 3 aromatic carbocycles. The van der Waals surface area contributed by atoms with Gasteiger partial charge >= 0.3 is 0 Å². The van der Waals surface area contributed by atoms with Gasteiger partial charge < -0.3 is 46.9 Å². The number of benzene rings is 3. The molecular formula is C66H54N18O3. The van der Waals surface area contributed by atoms with Crippen molar-refractivity contribution in [3.63, 3.8) is 0 Å². The van der Waals surface area contributed by atoms with E-state index in [1.165, 1.54) is 0 Å². The van der Waals surface area contributed by atoms with Crippen LogP contribution in [0.25, 0.3) is 98.4 Å². The molecule has 15 rings (SSSR count). The monoisotopic (exact) mass is 1150 g/mol. The Labute approximate surface area is 496 Å². The van der Waals surface area contributed by atoms with Gasteiger partial charge in [-0.25, -0.2) is 15.0 Å². The zero-order valence-electron chi connectivity index (χ0n) is 47.3. The molecule has 0 saturated heterocycles. The maximum absolute atomic E-state index is 12.2. The fraction of sp³-hybridized carbons (Fsp3) is 0.182. The van der Waals surface area contributed by atoms with Crippen molar-refractivity contribution in [1.82, 2.24) is 43.6 Å². The van der Waals surface area contributed by atoms with Gasteiger partial charge in [0.2, 0.25) is 17.7 Å². The predicted molar refractivity (Wildman–Crippen MR) is 335 cm³/mol. The van der Waals surface area contributed by atoms with E-state index in [-0.39, 0.29) is 53.2 Å². The third-order valence-corrected chi connectivity index (χ3v) is 16.6. The van der Waals surface area contributed by atoms with Gasteiger partial charge in [-0.15, -0.1) is 0 Å². The number of rotatable bonds is 9. The first-order chi connectivity index (χ1) is 42.1. The summed E-state index contributed by atoms with van der Waals surface area (Å²) < 4.78 is 6.08. The number of carbonyl (C=O) groups excluding carboxylic acids is 3. The molecule has 3 aliphatic carbocycles. The molecule has 9 N–H and O–H groups in total. The number of fused-ring (bicyclic) bond motifs is 6. The van der Waals surface area contributed by atoms with E-state index < -0.39 is 0 Å².